The molecule has 1 heterocycles. The van der Waals surface area contributed by atoms with Gasteiger partial charge in [-0.15, -0.1) is 5.10 Å². The smallest absolute Gasteiger partial charge is 0.230 e. The van der Waals surface area contributed by atoms with Crippen molar-refractivity contribution in [2.24, 2.45) is 0 Å². The lowest BCUT2D eigenvalue weighted by molar-refractivity contribution is -0.118. The van der Waals surface area contributed by atoms with E-state index in [0.29, 0.717) is 18.1 Å². The molecule has 1 N–H and O–H groups in total. The fourth-order valence-electron chi connectivity index (χ4n) is 2.37. The maximum absolute atomic E-state index is 12.9. The van der Waals surface area contributed by atoms with Crippen LogP contribution in [-0.2, 0) is 11.2 Å². The first-order valence-electron chi connectivity index (χ1n) is 8.11. The number of aryl methyl sites for hydroxylation is 1. The first-order valence-corrected chi connectivity index (χ1v) is 9.10. The Hall–Kier alpha value is -2.74. The summed E-state index contributed by atoms with van der Waals surface area (Å²) in [6.45, 7) is 2.49. The third-order valence-corrected chi connectivity index (χ3v) is 4.59. The molecule has 0 unspecified atom stereocenters. The summed E-state index contributed by atoms with van der Waals surface area (Å²) in [5, 5.41) is 15.1. The molecule has 8 heteroatoms. The maximum atomic E-state index is 12.9. The van der Waals surface area contributed by atoms with Crippen LogP contribution in [0.15, 0.2) is 53.7 Å². The fraction of sp³-hybridized carbons (Fsp3) is 0.222. The highest BCUT2D eigenvalue weighted by atomic mass is 32.2. The van der Waals surface area contributed by atoms with Gasteiger partial charge in [0.1, 0.15) is 5.82 Å². The van der Waals surface area contributed by atoms with E-state index in [4.69, 9.17) is 0 Å². The zero-order chi connectivity index (χ0) is 18.4. The molecule has 3 aromatic rings. The number of halogens is 1. The summed E-state index contributed by atoms with van der Waals surface area (Å²) in [6, 6.07) is 14.1. The molecular weight excluding hydrogens is 353 g/mol. The number of amides is 1. The third kappa shape index (κ3) is 4.89. The van der Waals surface area contributed by atoms with Gasteiger partial charge in [0.25, 0.3) is 0 Å². The van der Waals surface area contributed by atoms with Crippen LogP contribution < -0.4 is 5.32 Å². The van der Waals surface area contributed by atoms with E-state index in [1.807, 2.05) is 31.2 Å². The summed E-state index contributed by atoms with van der Waals surface area (Å²) >= 11 is 1.28. The molecule has 0 atom stereocenters. The van der Waals surface area contributed by atoms with Gasteiger partial charge in [0.15, 0.2) is 0 Å². The van der Waals surface area contributed by atoms with Crippen LogP contribution in [0.4, 0.5) is 4.39 Å². The predicted octanol–water partition coefficient (Wildman–Crippen LogP) is 2.56. The third-order valence-electron chi connectivity index (χ3n) is 3.67. The van der Waals surface area contributed by atoms with E-state index >= 15 is 0 Å². The second-order valence-corrected chi connectivity index (χ2v) is 6.67. The second-order valence-electron chi connectivity index (χ2n) is 5.73. The van der Waals surface area contributed by atoms with Crippen molar-refractivity contribution in [3.8, 4) is 5.69 Å². The first-order chi connectivity index (χ1) is 12.6. The molecule has 0 spiro atoms. The molecule has 6 nitrogen and oxygen atoms in total. The summed E-state index contributed by atoms with van der Waals surface area (Å²) in [7, 11) is 0. The van der Waals surface area contributed by atoms with E-state index in [0.717, 1.165) is 16.8 Å². The molecule has 0 radical (unpaired) electrons. The van der Waals surface area contributed by atoms with Crippen LogP contribution in [0.3, 0.4) is 0 Å². The largest absolute Gasteiger partial charge is 0.355 e. The van der Waals surface area contributed by atoms with Crippen LogP contribution in [0.1, 0.15) is 11.1 Å². The van der Waals surface area contributed by atoms with Crippen LogP contribution >= 0.6 is 11.8 Å². The maximum Gasteiger partial charge on any atom is 0.230 e. The van der Waals surface area contributed by atoms with Gasteiger partial charge in [0.05, 0.1) is 11.4 Å². The lowest BCUT2D eigenvalue weighted by atomic mass is 10.1. The molecule has 1 amide bonds. The average molecular weight is 371 g/mol. The topological polar surface area (TPSA) is 72.7 Å². The molecule has 1 aromatic heterocycles. The number of hydrogen-bond acceptors (Lipinski definition) is 5. The van der Waals surface area contributed by atoms with Crippen molar-refractivity contribution >= 4 is 17.7 Å². The highest BCUT2D eigenvalue weighted by molar-refractivity contribution is 7.99. The minimum absolute atomic E-state index is 0.101. The van der Waals surface area contributed by atoms with Crippen LogP contribution in [-0.4, -0.2) is 38.4 Å². The van der Waals surface area contributed by atoms with Gasteiger partial charge in [-0.2, -0.15) is 4.68 Å². The van der Waals surface area contributed by atoms with E-state index < -0.39 is 0 Å². The number of thioether (sulfide) groups is 1. The van der Waals surface area contributed by atoms with Crippen LogP contribution in [0.2, 0.25) is 0 Å². The first kappa shape index (κ1) is 18.1. The van der Waals surface area contributed by atoms with Gasteiger partial charge < -0.3 is 5.32 Å². The normalized spacial score (nSPS) is 10.7. The van der Waals surface area contributed by atoms with Crippen molar-refractivity contribution in [3.63, 3.8) is 0 Å². The lowest BCUT2D eigenvalue weighted by Crippen LogP contribution is -2.27. The van der Waals surface area contributed by atoms with Gasteiger partial charge in [-0.1, -0.05) is 36.0 Å². The molecule has 0 bridgehead atoms. The number of nitrogens with one attached hydrogen (secondary N) is 1. The summed E-state index contributed by atoms with van der Waals surface area (Å²) in [5.74, 6) is -0.147. The van der Waals surface area contributed by atoms with Gasteiger partial charge in [-0.05, 0) is 59.2 Å². The Morgan fingerprint density at radius 3 is 2.81 bits per heavy atom. The van der Waals surface area contributed by atoms with Gasteiger partial charge >= 0.3 is 0 Å². The zero-order valence-corrected chi connectivity index (χ0v) is 15.0. The molecule has 0 saturated heterocycles. The van der Waals surface area contributed by atoms with Crippen molar-refractivity contribution in [2.45, 2.75) is 18.5 Å². The number of carbonyl (C=O) groups excluding carboxylic acids is 1. The molecule has 2 aromatic carbocycles. The van der Waals surface area contributed by atoms with E-state index in [9.17, 15) is 9.18 Å². The Morgan fingerprint density at radius 1 is 1.23 bits per heavy atom. The number of nitrogens with zero attached hydrogens (tertiary/aromatic N) is 4. The Balaban J connectivity index is 1.49. The van der Waals surface area contributed by atoms with Gasteiger partial charge in [-0.25, -0.2) is 4.39 Å². The van der Waals surface area contributed by atoms with E-state index in [2.05, 4.69) is 20.8 Å². The van der Waals surface area contributed by atoms with Crippen molar-refractivity contribution in [1.29, 1.82) is 0 Å². The molecule has 26 heavy (non-hydrogen) atoms. The van der Waals surface area contributed by atoms with E-state index in [-0.39, 0.29) is 17.5 Å². The number of aromatic nitrogens is 4. The Kier molecular flexibility index (Phi) is 5.96. The lowest BCUT2D eigenvalue weighted by Gasteiger charge is -2.06. The van der Waals surface area contributed by atoms with Crippen LogP contribution in [0.5, 0.6) is 0 Å². The van der Waals surface area contributed by atoms with E-state index in [1.165, 1.54) is 23.9 Å². The molecule has 134 valence electrons. The van der Waals surface area contributed by atoms with Crippen LogP contribution in [0, 0.1) is 12.7 Å². The summed E-state index contributed by atoms with van der Waals surface area (Å²) in [6.07, 6.45) is 0.651. The molecule has 0 saturated carbocycles. The summed E-state index contributed by atoms with van der Waals surface area (Å²) < 4.78 is 14.5. The number of benzene rings is 2. The predicted molar refractivity (Wildman–Crippen MR) is 97.7 cm³/mol. The minimum Gasteiger partial charge on any atom is -0.355 e. The van der Waals surface area contributed by atoms with Crippen molar-refractivity contribution in [3.05, 3.63) is 65.5 Å². The van der Waals surface area contributed by atoms with E-state index in [1.54, 1.807) is 16.8 Å². The van der Waals surface area contributed by atoms with Gasteiger partial charge in [-0.3, -0.25) is 4.79 Å². The Bertz CT molecular complexity index is 881. The molecular formula is C18H18FN5OS. The quantitative estimate of drug-likeness (QED) is 0.646. The Morgan fingerprint density at radius 2 is 2.04 bits per heavy atom. The summed E-state index contributed by atoms with van der Waals surface area (Å²) in [4.78, 5) is 12.0. The highest BCUT2D eigenvalue weighted by Gasteiger charge is 2.11. The monoisotopic (exact) mass is 371 g/mol. The van der Waals surface area contributed by atoms with Crippen molar-refractivity contribution in [1.82, 2.24) is 25.5 Å². The molecule has 0 aliphatic rings. The fourth-order valence-corrected chi connectivity index (χ4v) is 3.09. The number of hydrogen-bond donors (Lipinski definition) is 1. The van der Waals surface area contributed by atoms with Gasteiger partial charge in [0, 0.05) is 6.54 Å². The molecule has 0 aliphatic carbocycles. The zero-order valence-electron chi connectivity index (χ0n) is 14.2. The van der Waals surface area contributed by atoms with Crippen molar-refractivity contribution in [2.75, 3.05) is 12.3 Å². The SMILES string of the molecule is Cc1cccc(-n2nnnc2SCC(=O)NCCc2ccc(F)cc2)c1. The van der Waals surface area contributed by atoms with Gasteiger partial charge in [0.2, 0.25) is 11.1 Å². The standard InChI is InChI=1S/C18H18FN5OS/c1-13-3-2-4-16(11-13)24-18(21-22-23-24)26-12-17(25)20-10-9-14-5-7-15(19)8-6-14/h2-8,11H,9-10,12H2,1H3,(H,20,25). The number of tetrazole rings is 1. The summed E-state index contributed by atoms with van der Waals surface area (Å²) in [5.41, 5.74) is 2.93. The van der Waals surface area contributed by atoms with Crippen molar-refractivity contribution < 1.29 is 9.18 Å². The Labute approximate surface area is 154 Å². The average Bonchev–Trinajstić information content (AvgIpc) is 3.10. The number of rotatable bonds is 7. The highest BCUT2D eigenvalue weighted by Crippen LogP contribution is 2.18. The minimum atomic E-state index is -0.263. The van der Waals surface area contributed by atoms with Crippen LogP contribution in [0.25, 0.3) is 5.69 Å². The molecule has 0 aliphatic heterocycles. The second kappa shape index (κ2) is 8.57. The number of carbonyl (C=O) groups is 1. The molecule has 3 rings (SSSR count). The molecule has 0 fully saturated rings.